The van der Waals surface area contributed by atoms with E-state index in [1.807, 2.05) is 0 Å². The van der Waals surface area contributed by atoms with Crippen LogP contribution >= 0.6 is 0 Å². The summed E-state index contributed by atoms with van der Waals surface area (Å²) >= 11 is 0. The van der Waals surface area contributed by atoms with Crippen LogP contribution in [0.3, 0.4) is 0 Å². The van der Waals surface area contributed by atoms with Gasteiger partial charge in [0.15, 0.2) is 0 Å². The predicted octanol–water partition coefficient (Wildman–Crippen LogP) is 0.381. The smallest absolute Gasteiger partial charge is 0.0812 e. The third-order valence-corrected chi connectivity index (χ3v) is 3.33. The molecule has 0 spiro atoms. The van der Waals surface area contributed by atoms with Crippen molar-refractivity contribution in [2.45, 2.75) is 31.8 Å². The van der Waals surface area contributed by atoms with Crippen molar-refractivity contribution in [3.05, 3.63) is 0 Å². The van der Waals surface area contributed by atoms with Crippen LogP contribution in [0, 0.1) is 0 Å². The van der Waals surface area contributed by atoms with Gasteiger partial charge in [-0.1, -0.05) is 6.42 Å². The van der Waals surface area contributed by atoms with Crippen LogP contribution < -0.4 is 10.6 Å². The molecule has 2 saturated heterocycles. The van der Waals surface area contributed by atoms with Gasteiger partial charge in [0.05, 0.1) is 5.66 Å². The average molecular weight is 183 g/mol. The molecule has 13 heavy (non-hydrogen) atoms. The first-order valence-electron chi connectivity index (χ1n) is 5.52. The molecular formula is C10H21N3. The lowest BCUT2D eigenvalue weighted by Gasteiger charge is -2.46. The summed E-state index contributed by atoms with van der Waals surface area (Å²) in [6, 6.07) is 0. The molecule has 0 amide bonds. The van der Waals surface area contributed by atoms with Crippen molar-refractivity contribution in [2.75, 3.05) is 32.7 Å². The Bertz CT molecular complexity index is 158. The summed E-state index contributed by atoms with van der Waals surface area (Å²) in [6.45, 7) is 8.17. The minimum Gasteiger partial charge on any atom is -0.312 e. The molecule has 1 unspecified atom stereocenters. The summed E-state index contributed by atoms with van der Waals surface area (Å²) in [5.74, 6) is 0. The van der Waals surface area contributed by atoms with Crippen molar-refractivity contribution in [2.24, 2.45) is 0 Å². The van der Waals surface area contributed by atoms with Crippen LogP contribution in [-0.2, 0) is 0 Å². The summed E-state index contributed by atoms with van der Waals surface area (Å²) in [6.07, 6.45) is 4.16. The lowest BCUT2D eigenvalue weighted by Crippen LogP contribution is -2.67. The van der Waals surface area contributed by atoms with Crippen LogP contribution in [0.4, 0.5) is 0 Å². The Labute approximate surface area is 80.9 Å². The lowest BCUT2D eigenvalue weighted by molar-refractivity contribution is 0.0399. The molecule has 76 valence electrons. The van der Waals surface area contributed by atoms with Gasteiger partial charge < -0.3 is 5.32 Å². The molecule has 2 aliphatic rings. The summed E-state index contributed by atoms with van der Waals surface area (Å²) in [5.41, 5.74) is 0.221. The fraction of sp³-hybridized carbons (Fsp3) is 1.00. The van der Waals surface area contributed by atoms with Crippen LogP contribution in [0.25, 0.3) is 0 Å². The molecule has 2 heterocycles. The van der Waals surface area contributed by atoms with Crippen molar-refractivity contribution in [3.8, 4) is 0 Å². The molecule has 0 aliphatic carbocycles. The second kappa shape index (κ2) is 3.95. The van der Waals surface area contributed by atoms with Crippen LogP contribution in [0.5, 0.6) is 0 Å². The first-order chi connectivity index (χ1) is 6.31. The van der Waals surface area contributed by atoms with Crippen LogP contribution in [0.1, 0.15) is 26.2 Å². The van der Waals surface area contributed by atoms with E-state index in [1.165, 1.54) is 32.4 Å². The van der Waals surface area contributed by atoms with E-state index in [0.29, 0.717) is 0 Å². The number of nitrogens with one attached hydrogen (secondary N) is 2. The van der Waals surface area contributed by atoms with Gasteiger partial charge in [0, 0.05) is 19.6 Å². The summed E-state index contributed by atoms with van der Waals surface area (Å²) in [5, 5.41) is 7.10. The van der Waals surface area contributed by atoms with Gasteiger partial charge in [-0.2, -0.15) is 0 Å². The van der Waals surface area contributed by atoms with Gasteiger partial charge in [-0.3, -0.25) is 10.2 Å². The molecule has 1 atom stereocenters. The van der Waals surface area contributed by atoms with E-state index in [-0.39, 0.29) is 5.66 Å². The maximum absolute atomic E-state index is 3.63. The maximum Gasteiger partial charge on any atom is 0.0812 e. The largest absolute Gasteiger partial charge is 0.312 e. The summed E-state index contributed by atoms with van der Waals surface area (Å²) in [4.78, 5) is 2.60. The van der Waals surface area contributed by atoms with Gasteiger partial charge in [0.25, 0.3) is 0 Å². The number of likely N-dealkylation sites (tertiary alicyclic amines) is 1. The Balaban J connectivity index is 1.94. The zero-order valence-electron chi connectivity index (χ0n) is 8.60. The minimum atomic E-state index is 0.221. The van der Waals surface area contributed by atoms with Crippen LogP contribution in [0.15, 0.2) is 0 Å². The van der Waals surface area contributed by atoms with Crippen LogP contribution in [-0.4, -0.2) is 43.3 Å². The van der Waals surface area contributed by atoms with E-state index in [0.717, 1.165) is 19.6 Å². The number of hydrogen-bond acceptors (Lipinski definition) is 3. The van der Waals surface area contributed by atoms with Crippen molar-refractivity contribution < 1.29 is 0 Å². The third kappa shape index (κ3) is 2.03. The highest BCUT2D eigenvalue weighted by atomic mass is 15.3. The van der Waals surface area contributed by atoms with Gasteiger partial charge in [-0.15, -0.1) is 0 Å². The monoisotopic (exact) mass is 183 g/mol. The maximum atomic E-state index is 3.63. The number of piperidine rings is 1. The molecule has 2 aliphatic heterocycles. The summed E-state index contributed by atoms with van der Waals surface area (Å²) < 4.78 is 0. The highest BCUT2D eigenvalue weighted by molar-refractivity contribution is 4.90. The van der Waals surface area contributed by atoms with E-state index >= 15 is 0 Å². The van der Waals surface area contributed by atoms with Gasteiger partial charge >= 0.3 is 0 Å². The second-order valence-corrected chi connectivity index (χ2v) is 4.43. The number of nitrogens with zero attached hydrogens (tertiary/aromatic N) is 1. The average Bonchev–Trinajstić information content (AvgIpc) is 2.20. The molecule has 2 fully saturated rings. The Hall–Kier alpha value is -0.120. The summed E-state index contributed by atoms with van der Waals surface area (Å²) in [7, 11) is 0. The topological polar surface area (TPSA) is 27.3 Å². The Morgan fingerprint density at radius 3 is 2.46 bits per heavy atom. The zero-order valence-corrected chi connectivity index (χ0v) is 8.60. The molecule has 0 aromatic heterocycles. The molecule has 3 nitrogen and oxygen atoms in total. The third-order valence-electron chi connectivity index (χ3n) is 3.33. The van der Waals surface area contributed by atoms with Gasteiger partial charge in [0.1, 0.15) is 0 Å². The van der Waals surface area contributed by atoms with Crippen LogP contribution in [0.2, 0.25) is 0 Å². The van der Waals surface area contributed by atoms with Crippen molar-refractivity contribution in [3.63, 3.8) is 0 Å². The minimum absolute atomic E-state index is 0.221. The molecule has 0 aromatic carbocycles. The highest BCUT2D eigenvalue weighted by Gasteiger charge is 2.33. The quantitative estimate of drug-likeness (QED) is 0.615. The fourth-order valence-corrected chi connectivity index (χ4v) is 2.43. The van der Waals surface area contributed by atoms with Crippen molar-refractivity contribution >= 4 is 0 Å². The lowest BCUT2D eigenvalue weighted by atomic mass is 10.0. The van der Waals surface area contributed by atoms with E-state index in [1.54, 1.807) is 0 Å². The normalized spacial score (nSPS) is 37.6. The van der Waals surface area contributed by atoms with Gasteiger partial charge in [-0.05, 0) is 32.9 Å². The van der Waals surface area contributed by atoms with Gasteiger partial charge in [0.2, 0.25) is 0 Å². The Morgan fingerprint density at radius 1 is 1.08 bits per heavy atom. The molecule has 2 N–H and O–H groups in total. The van der Waals surface area contributed by atoms with E-state index in [2.05, 4.69) is 22.5 Å². The number of hydrogen-bond donors (Lipinski definition) is 2. The molecule has 2 rings (SSSR count). The van der Waals surface area contributed by atoms with Gasteiger partial charge in [-0.25, -0.2) is 0 Å². The highest BCUT2D eigenvalue weighted by Crippen LogP contribution is 2.18. The molecule has 0 saturated carbocycles. The molecular weight excluding hydrogens is 162 g/mol. The van der Waals surface area contributed by atoms with E-state index in [4.69, 9.17) is 0 Å². The fourth-order valence-electron chi connectivity index (χ4n) is 2.43. The molecule has 0 aromatic rings. The van der Waals surface area contributed by atoms with E-state index < -0.39 is 0 Å². The SMILES string of the molecule is CC1(N2CCCCC2)CNCCN1. The number of piperazine rings is 1. The zero-order chi connectivity index (χ0) is 9.15. The number of rotatable bonds is 1. The first-order valence-corrected chi connectivity index (χ1v) is 5.52. The van der Waals surface area contributed by atoms with Crippen molar-refractivity contribution in [1.82, 2.24) is 15.5 Å². The second-order valence-electron chi connectivity index (χ2n) is 4.43. The molecule has 0 bridgehead atoms. The first kappa shape index (κ1) is 9.44. The standard InChI is InChI=1S/C10H21N3/c1-10(9-11-5-6-12-10)13-7-3-2-4-8-13/h11-12H,2-9H2,1H3. The Morgan fingerprint density at radius 2 is 1.85 bits per heavy atom. The van der Waals surface area contributed by atoms with E-state index in [9.17, 15) is 0 Å². The molecule has 3 heteroatoms. The molecule has 0 radical (unpaired) electrons. The van der Waals surface area contributed by atoms with Crippen molar-refractivity contribution in [1.29, 1.82) is 0 Å². The predicted molar refractivity (Wildman–Crippen MR) is 54.7 cm³/mol. The Kier molecular flexibility index (Phi) is 2.86.